The number of ether oxygens (including phenoxy) is 2. The fourth-order valence-corrected chi connectivity index (χ4v) is 6.03. The van der Waals surface area contributed by atoms with Gasteiger partial charge in [0, 0.05) is 12.0 Å². The second-order valence-corrected chi connectivity index (χ2v) is 11.8. The number of rotatable bonds is 13. The molecule has 0 saturated heterocycles. The van der Waals surface area contributed by atoms with Crippen LogP contribution in [-0.4, -0.2) is 64.3 Å². The number of aliphatic imine (C=N–C) groups is 1. The maximum Gasteiger partial charge on any atom is 0.515 e. The molecule has 4 aromatic rings. The molecule has 14 nitrogen and oxygen atoms in total. The standard InChI is InChI=1S/C34H37N7O7/c1-2-3-10-30-35-34(19-6-7-20-34)32(42)39(30)21-24-11-15-26(16-12-24)28-8-4-5-9-29(28)31-36-38-40(37-31)23-46-33(43)48-27-17-13-25(14-18-27)22-47-41(44)45/h4-5,8-9,11-18,44-45H,2-3,6-7,10,19-23H2,1H3. The van der Waals surface area contributed by atoms with E-state index in [9.17, 15) is 9.59 Å². The second-order valence-electron chi connectivity index (χ2n) is 11.8. The van der Waals surface area contributed by atoms with Crippen molar-refractivity contribution in [2.75, 3.05) is 0 Å². The van der Waals surface area contributed by atoms with Crippen LogP contribution in [0.2, 0.25) is 0 Å². The summed E-state index contributed by atoms with van der Waals surface area (Å²) in [5, 5.41) is 29.5. The van der Waals surface area contributed by atoms with Crippen molar-refractivity contribution >= 4 is 17.9 Å². The molecular formula is C34H37N7O7. The minimum atomic E-state index is -0.965. The molecule has 6 rings (SSSR count). The first-order valence-electron chi connectivity index (χ1n) is 15.9. The van der Waals surface area contributed by atoms with Gasteiger partial charge in [-0.3, -0.25) is 25.1 Å². The van der Waals surface area contributed by atoms with Crippen LogP contribution < -0.4 is 4.74 Å². The van der Waals surface area contributed by atoms with E-state index in [1.165, 1.54) is 12.1 Å². The average molecular weight is 656 g/mol. The molecule has 1 aromatic heterocycles. The van der Waals surface area contributed by atoms with Crippen LogP contribution in [0, 0.1) is 0 Å². The van der Waals surface area contributed by atoms with Crippen LogP contribution in [0.4, 0.5) is 4.79 Å². The second kappa shape index (κ2) is 14.8. The molecule has 2 heterocycles. The van der Waals surface area contributed by atoms with Gasteiger partial charge in [0.15, 0.2) is 0 Å². The number of unbranched alkanes of at least 4 members (excludes halogenated alkanes) is 1. The summed E-state index contributed by atoms with van der Waals surface area (Å²) in [4.78, 5) is 38.4. The summed E-state index contributed by atoms with van der Waals surface area (Å²) < 4.78 is 10.3. The van der Waals surface area contributed by atoms with E-state index in [1.807, 2.05) is 53.4 Å². The first-order valence-corrected chi connectivity index (χ1v) is 15.9. The van der Waals surface area contributed by atoms with Crippen molar-refractivity contribution in [3.05, 3.63) is 83.9 Å². The number of hydrogen-bond acceptors (Lipinski definition) is 12. The number of amidine groups is 1. The summed E-state index contributed by atoms with van der Waals surface area (Å²) in [7, 11) is 0. The fraction of sp³-hybridized carbons (Fsp3) is 0.353. The third kappa shape index (κ3) is 7.58. The van der Waals surface area contributed by atoms with E-state index in [-0.39, 0.29) is 30.4 Å². The molecule has 250 valence electrons. The van der Waals surface area contributed by atoms with Gasteiger partial charge < -0.3 is 9.47 Å². The lowest BCUT2D eigenvalue weighted by Crippen LogP contribution is -2.40. The molecule has 0 bridgehead atoms. The van der Waals surface area contributed by atoms with Crippen LogP contribution in [-0.2, 0) is 34.3 Å². The zero-order valence-corrected chi connectivity index (χ0v) is 26.6. The van der Waals surface area contributed by atoms with Crippen LogP contribution in [0.5, 0.6) is 5.75 Å². The topological polar surface area (TPSA) is 165 Å². The lowest BCUT2D eigenvalue weighted by molar-refractivity contribution is -0.497. The Morgan fingerprint density at radius 2 is 1.67 bits per heavy atom. The van der Waals surface area contributed by atoms with Crippen LogP contribution in [0.3, 0.4) is 0 Å². The number of carbonyl (C=O) groups is 2. The average Bonchev–Trinajstić information content (AvgIpc) is 3.84. The number of benzene rings is 3. The molecule has 48 heavy (non-hydrogen) atoms. The molecule has 0 radical (unpaired) electrons. The highest BCUT2D eigenvalue weighted by Gasteiger charge is 2.49. The van der Waals surface area contributed by atoms with Gasteiger partial charge in [0.25, 0.3) is 5.91 Å². The number of nitrogens with zero attached hydrogens (tertiary/aromatic N) is 7. The van der Waals surface area contributed by atoms with Crippen LogP contribution >= 0.6 is 0 Å². The van der Waals surface area contributed by atoms with Crippen molar-refractivity contribution in [1.82, 2.24) is 30.5 Å². The minimum Gasteiger partial charge on any atom is -0.409 e. The molecule has 2 aliphatic rings. The normalized spacial score (nSPS) is 15.4. The summed E-state index contributed by atoms with van der Waals surface area (Å²) in [6, 6.07) is 22.0. The van der Waals surface area contributed by atoms with E-state index in [0.29, 0.717) is 17.9 Å². The van der Waals surface area contributed by atoms with Crippen LogP contribution in [0.25, 0.3) is 22.5 Å². The van der Waals surface area contributed by atoms with Gasteiger partial charge in [-0.05, 0) is 58.9 Å². The molecular weight excluding hydrogens is 618 g/mol. The fourth-order valence-electron chi connectivity index (χ4n) is 6.03. The van der Waals surface area contributed by atoms with Crippen molar-refractivity contribution < 1.29 is 34.3 Å². The Morgan fingerprint density at radius 1 is 0.958 bits per heavy atom. The Balaban J connectivity index is 1.08. The van der Waals surface area contributed by atoms with Crippen molar-refractivity contribution in [3.63, 3.8) is 0 Å². The molecule has 0 unspecified atom stereocenters. The molecule has 3 aromatic carbocycles. The Morgan fingerprint density at radius 3 is 2.38 bits per heavy atom. The molecule has 14 heteroatoms. The zero-order valence-electron chi connectivity index (χ0n) is 26.6. The Hall–Kier alpha value is -5.02. The van der Waals surface area contributed by atoms with Gasteiger partial charge >= 0.3 is 6.16 Å². The van der Waals surface area contributed by atoms with Crippen LogP contribution in [0.15, 0.2) is 77.8 Å². The van der Waals surface area contributed by atoms with Gasteiger partial charge in [-0.25, -0.2) is 9.63 Å². The summed E-state index contributed by atoms with van der Waals surface area (Å²) in [5.41, 5.74) is 3.69. The third-order valence-corrected chi connectivity index (χ3v) is 8.48. The largest absolute Gasteiger partial charge is 0.515 e. The maximum absolute atomic E-state index is 13.6. The predicted octanol–water partition coefficient (Wildman–Crippen LogP) is 5.94. The van der Waals surface area contributed by atoms with Gasteiger partial charge in [-0.1, -0.05) is 86.8 Å². The van der Waals surface area contributed by atoms with Gasteiger partial charge in [0.1, 0.15) is 17.1 Å². The Kier molecular flexibility index (Phi) is 10.2. The molecule has 1 amide bonds. The van der Waals surface area contributed by atoms with Crippen molar-refractivity contribution in [2.45, 2.75) is 77.3 Å². The van der Waals surface area contributed by atoms with Gasteiger partial charge in [0.2, 0.25) is 12.6 Å². The SMILES string of the molecule is CCCCC1=NC2(CCCC2)C(=O)N1Cc1ccc(-c2ccccc2-c2nnn(COC(=O)Oc3ccc(CON(O)O)cc3)n2)cc1. The molecule has 2 N–H and O–H groups in total. The molecule has 1 fully saturated rings. The molecule has 1 saturated carbocycles. The number of amides is 1. The number of hydrogen-bond donors (Lipinski definition) is 2. The number of aromatic nitrogens is 4. The van der Waals surface area contributed by atoms with Crippen molar-refractivity contribution in [2.24, 2.45) is 4.99 Å². The van der Waals surface area contributed by atoms with Crippen molar-refractivity contribution in [1.29, 1.82) is 0 Å². The molecule has 0 atom stereocenters. The maximum atomic E-state index is 13.6. The van der Waals surface area contributed by atoms with E-state index in [1.54, 1.807) is 12.1 Å². The Labute approximate surface area is 277 Å². The van der Waals surface area contributed by atoms with E-state index >= 15 is 0 Å². The van der Waals surface area contributed by atoms with Crippen LogP contribution in [0.1, 0.15) is 63.0 Å². The highest BCUT2D eigenvalue weighted by atomic mass is 17.1. The molecule has 1 aliphatic heterocycles. The molecule has 1 spiro atoms. The smallest absolute Gasteiger partial charge is 0.409 e. The van der Waals surface area contributed by atoms with Gasteiger partial charge in [-0.2, -0.15) is 0 Å². The van der Waals surface area contributed by atoms with E-state index < -0.39 is 11.7 Å². The quantitative estimate of drug-likeness (QED) is 0.0995. The molecule has 1 aliphatic carbocycles. The third-order valence-electron chi connectivity index (χ3n) is 8.48. The minimum absolute atomic E-state index is 0.0937. The summed E-state index contributed by atoms with van der Waals surface area (Å²) in [6.07, 6.45) is 5.69. The lowest BCUT2D eigenvalue weighted by Gasteiger charge is -2.23. The highest BCUT2D eigenvalue weighted by Crippen LogP contribution is 2.40. The number of tetrazole rings is 1. The first-order chi connectivity index (χ1) is 23.3. The predicted molar refractivity (Wildman–Crippen MR) is 171 cm³/mol. The Bertz CT molecular complexity index is 1750. The van der Waals surface area contributed by atoms with Gasteiger partial charge in [-0.15, -0.1) is 15.0 Å². The van der Waals surface area contributed by atoms with E-state index in [2.05, 4.69) is 27.2 Å². The zero-order chi connectivity index (χ0) is 33.5. The number of carbonyl (C=O) groups excluding carboxylic acids is 2. The summed E-state index contributed by atoms with van der Waals surface area (Å²) in [5.74, 6) is 1.64. The van der Waals surface area contributed by atoms with Crippen molar-refractivity contribution in [3.8, 4) is 28.3 Å². The monoisotopic (exact) mass is 655 g/mol. The van der Waals surface area contributed by atoms with E-state index in [0.717, 1.165) is 77.8 Å². The van der Waals surface area contributed by atoms with E-state index in [4.69, 9.17) is 24.9 Å². The highest BCUT2D eigenvalue weighted by molar-refractivity contribution is 6.08. The first kappa shape index (κ1) is 32.9. The lowest BCUT2D eigenvalue weighted by atomic mass is 9.97. The summed E-state index contributed by atoms with van der Waals surface area (Å²) in [6.45, 7) is 2.23. The summed E-state index contributed by atoms with van der Waals surface area (Å²) >= 11 is 0. The van der Waals surface area contributed by atoms with Gasteiger partial charge in [0.05, 0.1) is 18.5 Å².